The maximum Gasteiger partial charge on any atom is 0.319 e. The van der Waals surface area contributed by atoms with E-state index in [-0.39, 0.29) is 5.91 Å². The van der Waals surface area contributed by atoms with Crippen LogP contribution in [0.3, 0.4) is 0 Å². The molecule has 7 heteroatoms. The number of amides is 3. The van der Waals surface area contributed by atoms with Crippen molar-refractivity contribution >= 4 is 40.8 Å². The van der Waals surface area contributed by atoms with Gasteiger partial charge in [0.2, 0.25) is 0 Å². The predicted molar refractivity (Wildman–Crippen MR) is 103 cm³/mol. The van der Waals surface area contributed by atoms with E-state index in [1.54, 1.807) is 31.2 Å². The molecule has 0 saturated carbocycles. The lowest BCUT2D eigenvalue weighted by molar-refractivity contribution is -0.113. The number of halogens is 2. The van der Waals surface area contributed by atoms with Gasteiger partial charge in [-0.2, -0.15) is 0 Å². The number of carbonyl (C=O) groups is 2. The van der Waals surface area contributed by atoms with Gasteiger partial charge in [0.05, 0.1) is 11.6 Å². The molecule has 0 fully saturated rings. The maximum absolute atomic E-state index is 12.9. The Bertz CT molecular complexity index is 925. The lowest BCUT2D eigenvalue weighted by Gasteiger charge is -2.29. The van der Waals surface area contributed by atoms with Gasteiger partial charge in [0, 0.05) is 21.4 Å². The van der Waals surface area contributed by atoms with Gasteiger partial charge in [-0.25, -0.2) is 4.79 Å². The molecular formula is C19H17Cl2N3O2. The molecule has 0 spiro atoms. The molecule has 0 saturated heterocycles. The standard InChI is InChI=1S/C19H17Cl2N3O2/c1-10-4-3-5-13(8-10)23-18(25)16-11(2)22-19(26)24-17(16)14-7-6-12(20)9-15(14)21/h3-9,17H,1-2H3,(H,23,25)(H2,22,24,26)/t17-/m1/s1. The van der Waals surface area contributed by atoms with Gasteiger partial charge < -0.3 is 16.0 Å². The zero-order valence-electron chi connectivity index (χ0n) is 14.2. The van der Waals surface area contributed by atoms with E-state index >= 15 is 0 Å². The average molecular weight is 390 g/mol. The fourth-order valence-corrected chi connectivity index (χ4v) is 3.40. The average Bonchev–Trinajstić information content (AvgIpc) is 2.53. The van der Waals surface area contributed by atoms with Crippen LogP contribution in [0.5, 0.6) is 0 Å². The maximum atomic E-state index is 12.9. The molecule has 0 aliphatic carbocycles. The van der Waals surface area contributed by atoms with Crippen LogP contribution in [-0.2, 0) is 4.79 Å². The van der Waals surface area contributed by atoms with Crippen molar-refractivity contribution in [2.75, 3.05) is 5.32 Å². The normalized spacial score (nSPS) is 16.8. The first-order valence-electron chi connectivity index (χ1n) is 7.96. The number of benzene rings is 2. The number of urea groups is 1. The number of hydrogen-bond acceptors (Lipinski definition) is 2. The van der Waals surface area contributed by atoms with Gasteiger partial charge in [-0.05, 0) is 49.2 Å². The lowest BCUT2D eigenvalue weighted by atomic mass is 9.94. The zero-order chi connectivity index (χ0) is 18.8. The van der Waals surface area contributed by atoms with Gasteiger partial charge in [-0.3, -0.25) is 4.79 Å². The Morgan fingerprint density at radius 3 is 2.58 bits per heavy atom. The Morgan fingerprint density at radius 2 is 1.88 bits per heavy atom. The second kappa shape index (κ2) is 7.40. The first-order valence-corrected chi connectivity index (χ1v) is 8.72. The SMILES string of the molecule is CC1=C(C(=O)Nc2cccc(C)c2)[C@@H](c2ccc(Cl)cc2Cl)NC(=O)N1. The molecule has 26 heavy (non-hydrogen) atoms. The van der Waals surface area contributed by atoms with Gasteiger partial charge in [0.25, 0.3) is 5.91 Å². The van der Waals surface area contributed by atoms with Crippen molar-refractivity contribution in [2.45, 2.75) is 19.9 Å². The third kappa shape index (κ3) is 3.84. The third-order valence-corrected chi connectivity index (χ3v) is 4.63. The first-order chi connectivity index (χ1) is 12.3. The lowest BCUT2D eigenvalue weighted by Crippen LogP contribution is -2.46. The summed E-state index contributed by atoms with van der Waals surface area (Å²) in [5, 5.41) is 9.11. The zero-order valence-corrected chi connectivity index (χ0v) is 15.7. The van der Waals surface area contributed by atoms with Gasteiger partial charge in [-0.15, -0.1) is 0 Å². The van der Waals surface area contributed by atoms with Crippen molar-refractivity contribution in [1.82, 2.24) is 10.6 Å². The predicted octanol–water partition coefficient (Wildman–Crippen LogP) is 4.57. The van der Waals surface area contributed by atoms with Crippen molar-refractivity contribution in [1.29, 1.82) is 0 Å². The highest BCUT2D eigenvalue weighted by Crippen LogP contribution is 2.33. The summed E-state index contributed by atoms with van der Waals surface area (Å²) in [6.07, 6.45) is 0. The van der Waals surface area contributed by atoms with E-state index in [1.165, 1.54) is 0 Å². The number of anilines is 1. The molecule has 0 radical (unpaired) electrons. The van der Waals surface area contributed by atoms with Crippen molar-refractivity contribution < 1.29 is 9.59 Å². The molecule has 1 aliphatic heterocycles. The van der Waals surface area contributed by atoms with E-state index in [1.807, 2.05) is 25.1 Å². The first kappa shape index (κ1) is 18.3. The minimum Gasteiger partial charge on any atom is -0.327 e. The van der Waals surface area contributed by atoms with E-state index < -0.39 is 12.1 Å². The van der Waals surface area contributed by atoms with Gasteiger partial charge in [-0.1, -0.05) is 41.4 Å². The summed E-state index contributed by atoms with van der Waals surface area (Å²) >= 11 is 12.3. The van der Waals surface area contributed by atoms with Crippen molar-refractivity contribution in [3.63, 3.8) is 0 Å². The third-order valence-electron chi connectivity index (χ3n) is 4.06. The molecule has 3 N–H and O–H groups in total. The number of carbonyl (C=O) groups excluding carboxylic acids is 2. The topological polar surface area (TPSA) is 70.2 Å². The fourth-order valence-electron chi connectivity index (χ4n) is 2.88. The Hall–Kier alpha value is -2.50. The van der Waals surface area contributed by atoms with E-state index in [4.69, 9.17) is 23.2 Å². The van der Waals surface area contributed by atoms with Crippen molar-refractivity contribution in [3.05, 3.63) is 74.9 Å². The largest absolute Gasteiger partial charge is 0.327 e. The van der Waals surface area contributed by atoms with Gasteiger partial charge >= 0.3 is 6.03 Å². The summed E-state index contributed by atoms with van der Waals surface area (Å²) in [7, 11) is 0. The number of rotatable bonds is 3. The van der Waals surface area contributed by atoms with E-state index in [0.29, 0.717) is 32.6 Å². The fraction of sp³-hybridized carbons (Fsp3) is 0.158. The molecule has 0 aromatic heterocycles. The molecule has 5 nitrogen and oxygen atoms in total. The second-order valence-electron chi connectivity index (χ2n) is 6.06. The molecular weight excluding hydrogens is 373 g/mol. The van der Waals surface area contributed by atoms with Crippen LogP contribution in [-0.4, -0.2) is 11.9 Å². The summed E-state index contributed by atoms with van der Waals surface area (Å²) in [6.45, 7) is 3.62. The summed E-state index contributed by atoms with van der Waals surface area (Å²) in [4.78, 5) is 24.9. The molecule has 2 aromatic rings. The molecule has 134 valence electrons. The summed E-state index contributed by atoms with van der Waals surface area (Å²) < 4.78 is 0. The van der Waals surface area contributed by atoms with Crippen LogP contribution in [0.2, 0.25) is 10.0 Å². The van der Waals surface area contributed by atoms with Crippen molar-refractivity contribution in [3.8, 4) is 0 Å². The molecule has 0 unspecified atom stereocenters. The minimum absolute atomic E-state index is 0.323. The van der Waals surface area contributed by atoms with Crippen LogP contribution >= 0.6 is 23.2 Å². The molecule has 1 atom stereocenters. The molecule has 3 rings (SSSR count). The Kier molecular flexibility index (Phi) is 5.20. The minimum atomic E-state index is -0.682. The van der Waals surface area contributed by atoms with E-state index in [9.17, 15) is 9.59 Å². The number of aryl methyl sites for hydroxylation is 1. The summed E-state index contributed by atoms with van der Waals surface area (Å²) in [6, 6.07) is 11.4. The number of allylic oxidation sites excluding steroid dienone is 1. The van der Waals surface area contributed by atoms with Crippen LogP contribution in [0.4, 0.5) is 10.5 Å². The summed E-state index contributed by atoms with van der Waals surface area (Å²) in [5.74, 6) is -0.323. The van der Waals surface area contributed by atoms with E-state index in [0.717, 1.165) is 5.56 Å². The highest BCUT2D eigenvalue weighted by molar-refractivity contribution is 6.35. The monoisotopic (exact) mass is 389 g/mol. The molecule has 2 aromatic carbocycles. The Balaban J connectivity index is 1.98. The Labute approximate surface area is 161 Å². The molecule has 3 amide bonds. The number of hydrogen-bond donors (Lipinski definition) is 3. The van der Waals surface area contributed by atoms with Crippen LogP contribution in [0.1, 0.15) is 24.1 Å². The second-order valence-corrected chi connectivity index (χ2v) is 6.90. The molecule has 1 heterocycles. The number of nitrogens with one attached hydrogen (secondary N) is 3. The van der Waals surface area contributed by atoms with Crippen LogP contribution < -0.4 is 16.0 Å². The Morgan fingerprint density at radius 1 is 1.12 bits per heavy atom. The quantitative estimate of drug-likeness (QED) is 0.719. The smallest absolute Gasteiger partial charge is 0.319 e. The van der Waals surface area contributed by atoms with Gasteiger partial charge in [0.15, 0.2) is 0 Å². The van der Waals surface area contributed by atoms with Gasteiger partial charge in [0.1, 0.15) is 0 Å². The van der Waals surface area contributed by atoms with Crippen LogP contribution in [0, 0.1) is 6.92 Å². The van der Waals surface area contributed by atoms with Crippen molar-refractivity contribution in [2.24, 2.45) is 0 Å². The van der Waals surface area contributed by atoms with E-state index in [2.05, 4.69) is 16.0 Å². The van der Waals surface area contributed by atoms with Crippen LogP contribution in [0.15, 0.2) is 53.7 Å². The molecule has 1 aliphatic rings. The highest BCUT2D eigenvalue weighted by atomic mass is 35.5. The molecule has 0 bridgehead atoms. The highest BCUT2D eigenvalue weighted by Gasteiger charge is 2.32. The van der Waals surface area contributed by atoms with Crippen LogP contribution in [0.25, 0.3) is 0 Å². The summed E-state index contributed by atoms with van der Waals surface area (Å²) in [5.41, 5.74) is 3.15.